The highest BCUT2D eigenvalue weighted by molar-refractivity contribution is 5.52. The fourth-order valence-electron chi connectivity index (χ4n) is 1.23. The van der Waals surface area contributed by atoms with Crippen molar-refractivity contribution in [3.63, 3.8) is 0 Å². The minimum atomic E-state index is 0.577. The van der Waals surface area contributed by atoms with Gasteiger partial charge in [-0.1, -0.05) is 18.2 Å². The lowest BCUT2D eigenvalue weighted by atomic mass is 10.1. The van der Waals surface area contributed by atoms with Crippen molar-refractivity contribution in [2.75, 3.05) is 18.9 Å². The molecule has 0 radical (unpaired) electrons. The van der Waals surface area contributed by atoms with Gasteiger partial charge in [0.15, 0.2) is 0 Å². The summed E-state index contributed by atoms with van der Waals surface area (Å²) in [6.45, 7) is 3.94. The number of ether oxygens (including phenoxy) is 1. The van der Waals surface area contributed by atoms with Crippen LogP contribution in [0, 0.1) is 6.92 Å². The number of hydrogen-bond donors (Lipinski definition) is 2. The zero-order valence-electron chi connectivity index (χ0n) is 8.62. The average Bonchev–Trinajstić information content (AvgIpc) is 2.19. The Morgan fingerprint density at radius 2 is 2.14 bits per heavy atom. The molecule has 0 heterocycles. The van der Waals surface area contributed by atoms with Gasteiger partial charge >= 0.3 is 0 Å². The monoisotopic (exact) mass is 194 g/mol. The van der Waals surface area contributed by atoms with Gasteiger partial charge in [-0.3, -0.25) is 0 Å². The lowest BCUT2D eigenvalue weighted by Gasteiger charge is -2.08. The largest absolute Gasteiger partial charge is 0.398 e. The molecule has 0 aliphatic rings. The van der Waals surface area contributed by atoms with E-state index in [1.54, 1.807) is 0 Å². The molecule has 0 aromatic heterocycles. The lowest BCUT2D eigenvalue weighted by Crippen LogP contribution is -2.05. The van der Waals surface area contributed by atoms with E-state index in [1.165, 1.54) is 0 Å². The Morgan fingerprint density at radius 3 is 2.86 bits per heavy atom. The fraction of sp³-hybridized carbons (Fsp3) is 0.455. The van der Waals surface area contributed by atoms with Gasteiger partial charge in [-0.2, -0.15) is 0 Å². The maximum absolute atomic E-state index is 5.89. The molecule has 14 heavy (non-hydrogen) atoms. The second kappa shape index (κ2) is 5.62. The summed E-state index contributed by atoms with van der Waals surface area (Å²) in [4.78, 5) is 0. The van der Waals surface area contributed by atoms with E-state index >= 15 is 0 Å². The van der Waals surface area contributed by atoms with Crippen LogP contribution in [-0.4, -0.2) is 13.2 Å². The predicted molar refractivity (Wildman–Crippen MR) is 58.9 cm³/mol. The number of rotatable bonds is 5. The summed E-state index contributed by atoms with van der Waals surface area (Å²) in [6.07, 6.45) is 0.895. The summed E-state index contributed by atoms with van der Waals surface area (Å²) in [5.41, 5.74) is 14.2. The van der Waals surface area contributed by atoms with E-state index in [1.807, 2.05) is 25.1 Å². The third-order valence-electron chi connectivity index (χ3n) is 2.16. The van der Waals surface area contributed by atoms with Crippen LogP contribution < -0.4 is 11.5 Å². The maximum Gasteiger partial charge on any atom is 0.0736 e. The number of benzene rings is 1. The predicted octanol–water partition coefficient (Wildman–Crippen LogP) is 1.44. The molecule has 0 bridgehead atoms. The molecule has 3 nitrogen and oxygen atoms in total. The van der Waals surface area contributed by atoms with Crippen LogP contribution in [0.3, 0.4) is 0 Å². The van der Waals surface area contributed by atoms with E-state index in [4.69, 9.17) is 16.2 Å². The molecule has 3 heteroatoms. The van der Waals surface area contributed by atoms with Crippen molar-refractivity contribution < 1.29 is 4.74 Å². The van der Waals surface area contributed by atoms with Crippen LogP contribution in [0.15, 0.2) is 18.2 Å². The van der Waals surface area contributed by atoms with Crippen molar-refractivity contribution in [1.82, 2.24) is 0 Å². The van der Waals surface area contributed by atoms with E-state index in [2.05, 4.69) is 0 Å². The first-order valence-electron chi connectivity index (χ1n) is 4.87. The highest BCUT2D eigenvalue weighted by Gasteiger charge is 2.00. The van der Waals surface area contributed by atoms with Gasteiger partial charge in [0, 0.05) is 17.9 Å². The molecule has 0 atom stereocenters. The standard InChI is InChI=1S/C11H18N2O/c1-9-4-2-5-10(11(9)13)8-14-7-3-6-12/h2,4-5H,3,6-8,12-13H2,1H3. The molecule has 1 aromatic carbocycles. The van der Waals surface area contributed by atoms with Crippen LogP contribution in [0.4, 0.5) is 5.69 Å². The van der Waals surface area contributed by atoms with Crippen molar-refractivity contribution >= 4 is 5.69 Å². The van der Waals surface area contributed by atoms with Crippen molar-refractivity contribution in [3.8, 4) is 0 Å². The van der Waals surface area contributed by atoms with Crippen LogP contribution in [0.5, 0.6) is 0 Å². The summed E-state index contributed by atoms with van der Waals surface area (Å²) in [5, 5.41) is 0. The molecular formula is C11H18N2O. The van der Waals surface area contributed by atoms with Gasteiger partial charge in [0.25, 0.3) is 0 Å². The lowest BCUT2D eigenvalue weighted by molar-refractivity contribution is 0.120. The summed E-state index contributed by atoms with van der Waals surface area (Å²) in [6, 6.07) is 5.98. The Kier molecular flexibility index (Phi) is 4.43. The first-order chi connectivity index (χ1) is 6.75. The SMILES string of the molecule is Cc1cccc(COCCCN)c1N. The molecule has 0 spiro atoms. The quantitative estimate of drug-likeness (QED) is 0.551. The van der Waals surface area contributed by atoms with Crippen LogP contribution in [-0.2, 0) is 11.3 Å². The highest BCUT2D eigenvalue weighted by atomic mass is 16.5. The van der Waals surface area contributed by atoms with Gasteiger partial charge in [-0.25, -0.2) is 0 Å². The number of aryl methyl sites for hydroxylation is 1. The summed E-state index contributed by atoms with van der Waals surface area (Å²) < 4.78 is 5.44. The van der Waals surface area contributed by atoms with Gasteiger partial charge in [0.1, 0.15) is 0 Å². The zero-order chi connectivity index (χ0) is 10.4. The van der Waals surface area contributed by atoms with E-state index in [0.717, 1.165) is 23.2 Å². The van der Waals surface area contributed by atoms with E-state index in [9.17, 15) is 0 Å². The maximum atomic E-state index is 5.89. The van der Waals surface area contributed by atoms with Gasteiger partial charge < -0.3 is 16.2 Å². The molecule has 0 unspecified atom stereocenters. The molecule has 0 aliphatic heterocycles. The van der Waals surface area contributed by atoms with Crippen LogP contribution in [0.1, 0.15) is 17.5 Å². The van der Waals surface area contributed by atoms with Crippen molar-refractivity contribution in [2.45, 2.75) is 20.0 Å². The second-order valence-corrected chi connectivity index (χ2v) is 3.34. The Bertz CT molecular complexity index is 287. The summed E-state index contributed by atoms with van der Waals surface area (Å²) >= 11 is 0. The van der Waals surface area contributed by atoms with Crippen LogP contribution in [0.25, 0.3) is 0 Å². The van der Waals surface area contributed by atoms with Crippen LogP contribution >= 0.6 is 0 Å². The Hall–Kier alpha value is -1.06. The average molecular weight is 194 g/mol. The number of hydrogen-bond acceptors (Lipinski definition) is 3. The third-order valence-corrected chi connectivity index (χ3v) is 2.16. The highest BCUT2D eigenvalue weighted by Crippen LogP contribution is 2.16. The Labute approximate surface area is 85.0 Å². The second-order valence-electron chi connectivity index (χ2n) is 3.34. The first kappa shape index (κ1) is 11.0. The number of nitrogen functional groups attached to an aromatic ring is 1. The molecule has 1 aromatic rings. The van der Waals surface area contributed by atoms with Crippen molar-refractivity contribution in [1.29, 1.82) is 0 Å². The van der Waals surface area contributed by atoms with Gasteiger partial charge in [-0.05, 0) is 25.5 Å². The minimum absolute atomic E-state index is 0.577. The summed E-state index contributed by atoms with van der Waals surface area (Å²) in [5.74, 6) is 0. The van der Waals surface area contributed by atoms with E-state index < -0.39 is 0 Å². The van der Waals surface area contributed by atoms with Crippen LogP contribution in [0.2, 0.25) is 0 Å². The number of para-hydroxylation sites is 1. The molecule has 78 valence electrons. The topological polar surface area (TPSA) is 61.3 Å². The molecule has 0 aliphatic carbocycles. The van der Waals surface area contributed by atoms with Crippen molar-refractivity contribution in [3.05, 3.63) is 29.3 Å². The fourth-order valence-corrected chi connectivity index (χ4v) is 1.23. The Morgan fingerprint density at radius 1 is 1.36 bits per heavy atom. The molecule has 0 fully saturated rings. The number of anilines is 1. The van der Waals surface area contributed by atoms with Gasteiger partial charge in [0.2, 0.25) is 0 Å². The molecule has 0 amide bonds. The van der Waals surface area contributed by atoms with Gasteiger partial charge in [0.05, 0.1) is 6.61 Å². The normalized spacial score (nSPS) is 10.4. The van der Waals surface area contributed by atoms with E-state index in [0.29, 0.717) is 19.8 Å². The zero-order valence-corrected chi connectivity index (χ0v) is 8.62. The smallest absolute Gasteiger partial charge is 0.0736 e. The van der Waals surface area contributed by atoms with Crippen molar-refractivity contribution in [2.24, 2.45) is 5.73 Å². The number of nitrogens with two attached hydrogens (primary N) is 2. The first-order valence-corrected chi connectivity index (χ1v) is 4.87. The molecule has 0 saturated carbocycles. The molecule has 1 rings (SSSR count). The van der Waals surface area contributed by atoms with E-state index in [-0.39, 0.29) is 0 Å². The molecule has 4 N–H and O–H groups in total. The Balaban J connectivity index is 2.46. The minimum Gasteiger partial charge on any atom is -0.398 e. The van der Waals surface area contributed by atoms with Gasteiger partial charge in [-0.15, -0.1) is 0 Å². The summed E-state index contributed by atoms with van der Waals surface area (Å²) in [7, 11) is 0. The third kappa shape index (κ3) is 3.01. The molecule has 0 saturated heterocycles. The molecular weight excluding hydrogens is 176 g/mol.